The lowest BCUT2D eigenvalue weighted by Crippen LogP contribution is -2.14. The molecule has 0 aliphatic rings. The van der Waals surface area contributed by atoms with Crippen LogP contribution in [0.25, 0.3) is 0 Å². The number of hydroxylamine groups is 1. The van der Waals surface area contributed by atoms with Crippen LogP contribution < -0.4 is 11.2 Å². The summed E-state index contributed by atoms with van der Waals surface area (Å²) in [6.07, 6.45) is 4.10. The quantitative estimate of drug-likeness (QED) is 0.208. The van der Waals surface area contributed by atoms with Crippen molar-refractivity contribution in [1.82, 2.24) is 5.48 Å². The molecule has 0 radical (unpaired) electrons. The van der Waals surface area contributed by atoms with Crippen molar-refractivity contribution in [2.75, 3.05) is 13.1 Å². The Hall–Kier alpha value is -0.610. The summed E-state index contributed by atoms with van der Waals surface area (Å²) in [5.41, 5.74) is 7.89. The van der Waals surface area contributed by atoms with Crippen molar-refractivity contribution in [1.29, 1.82) is 5.41 Å². The van der Waals surface area contributed by atoms with Crippen LogP contribution in [0.3, 0.4) is 0 Å². The molecule has 0 amide bonds. The van der Waals surface area contributed by atoms with Gasteiger partial charge in [0.1, 0.15) is 0 Å². The molecular formula is C6H15N3O. The molecule has 0 saturated heterocycles. The average Bonchev–Trinajstić information content (AvgIpc) is 1.97. The molecule has 10 heavy (non-hydrogen) atoms. The molecule has 0 aliphatic carbocycles. The molecule has 0 heterocycles. The zero-order chi connectivity index (χ0) is 7.66. The van der Waals surface area contributed by atoms with Crippen molar-refractivity contribution in [2.45, 2.75) is 19.3 Å². The number of rotatable bonds is 7. The maximum Gasteiger partial charge on any atom is 0.193 e. The minimum Gasteiger partial charge on any atom is -0.397 e. The predicted octanol–water partition coefficient (Wildman–Crippen LogP) is 0.244. The van der Waals surface area contributed by atoms with E-state index >= 15 is 0 Å². The van der Waals surface area contributed by atoms with Crippen LogP contribution in [0.4, 0.5) is 0 Å². The summed E-state index contributed by atoms with van der Waals surface area (Å²) in [7, 11) is 0. The largest absolute Gasteiger partial charge is 0.397 e. The van der Waals surface area contributed by atoms with Crippen molar-refractivity contribution in [3.05, 3.63) is 0 Å². The molecule has 0 rings (SSSR count). The number of nitrogens with two attached hydrogens (primary N) is 1. The van der Waals surface area contributed by atoms with Gasteiger partial charge < -0.3 is 10.6 Å². The maximum absolute atomic E-state index is 6.49. The molecule has 0 atom stereocenters. The summed E-state index contributed by atoms with van der Waals surface area (Å²) in [6, 6.07) is 0. The first-order chi connectivity index (χ1) is 4.91. The van der Waals surface area contributed by atoms with Gasteiger partial charge in [0.2, 0.25) is 0 Å². The minimum absolute atomic E-state index is 0.755. The molecule has 4 heteroatoms. The number of unbranched alkanes of at least 4 members (excludes halogenated alkanes) is 2. The van der Waals surface area contributed by atoms with Gasteiger partial charge in [-0.25, -0.2) is 0 Å². The van der Waals surface area contributed by atoms with E-state index in [2.05, 4.69) is 10.3 Å². The highest BCUT2D eigenvalue weighted by Crippen LogP contribution is 1.90. The second-order valence-corrected chi connectivity index (χ2v) is 1.98. The van der Waals surface area contributed by atoms with Crippen molar-refractivity contribution >= 4 is 6.40 Å². The van der Waals surface area contributed by atoms with Gasteiger partial charge in [-0.15, -0.1) is 0 Å². The third kappa shape index (κ3) is 7.39. The van der Waals surface area contributed by atoms with E-state index in [0.717, 1.165) is 38.8 Å². The summed E-state index contributed by atoms with van der Waals surface area (Å²) < 4.78 is 0. The molecule has 0 fully saturated rings. The van der Waals surface area contributed by atoms with E-state index < -0.39 is 0 Å². The summed E-state index contributed by atoms with van der Waals surface area (Å²) in [5, 5.41) is 6.49. The molecule has 0 aromatic rings. The Morgan fingerprint density at radius 1 is 1.40 bits per heavy atom. The van der Waals surface area contributed by atoms with Crippen molar-refractivity contribution in [3.8, 4) is 0 Å². The van der Waals surface area contributed by atoms with E-state index in [0.29, 0.717) is 0 Å². The fourth-order valence-corrected chi connectivity index (χ4v) is 0.619. The lowest BCUT2D eigenvalue weighted by molar-refractivity contribution is 0.189. The Bertz CT molecular complexity index is 77.4. The second-order valence-electron chi connectivity index (χ2n) is 1.98. The molecule has 0 spiro atoms. The predicted molar refractivity (Wildman–Crippen MR) is 40.8 cm³/mol. The van der Waals surface area contributed by atoms with Crippen LogP contribution in [0.2, 0.25) is 0 Å². The molecule has 4 N–H and O–H groups in total. The fourth-order valence-electron chi connectivity index (χ4n) is 0.619. The van der Waals surface area contributed by atoms with Gasteiger partial charge in [0.25, 0.3) is 0 Å². The molecule has 0 bridgehead atoms. The molecular weight excluding hydrogens is 130 g/mol. The Morgan fingerprint density at radius 3 is 2.80 bits per heavy atom. The van der Waals surface area contributed by atoms with Crippen LogP contribution in [-0.4, -0.2) is 19.5 Å². The van der Waals surface area contributed by atoms with Crippen LogP contribution in [-0.2, 0) is 4.84 Å². The Labute approximate surface area is 61.2 Å². The summed E-state index contributed by atoms with van der Waals surface area (Å²) in [6.45, 7) is 1.54. The highest BCUT2D eigenvalue weighted by Gasteiger charge is 1.85. The van der Waals surface area contributed by atoms with Crippen molar-refractivity contribution < 1.29 is 4.84 Å². The lowest BCUT2D eigenvalue weighted by Gasteiger charge is -2.00. The first kappa shape index (κ1) is 9.39. The maximum atomic E-state index is 6.49. The SMILES string of the molecule is N=CONCCCCCN. The summed E-state index contributed by atoms with van der Waals surface area (Å²) in [4.78, 5) is 4.47. The zero-order valence-electron chi connectivity index (χ0n) is 6.10. The van der Waals surface area contributed by atoms with E-state index in [1.165, 1.54) is 0 Å². The first-order valence-electron chi connectivity index (χ1n) is 3.49. The third-order valence-electron chi connectivity index (χ3n) is 1.13. The second kappa shape index (κ2) is 8.39. The highest BCUT2D eigenvalue weighted by molar-refractivity contribution is 5.40. The molecule has 4 nitrogen and oxygen atoms in total. The number of nitrogens with one attached hydrogen (secondary N) is 2. The van der Waals surface area contributed by atoms with E-state index in [1.807, 2.05) is 0 Å². The molecule has 0 aromatic carbocycles. The van der Waals surface area contributed by atoms with Crippen LogP contribution in [0, 0.1) is 5.41 Å². The smallest absolute Gasteiger partial charge is 0.193 e. The third-order valence-corrected chi connectivity index (χ3v) is 1.13. The van der Waals surface area contributed by atoms with Crippen LogP contribution in [0.5, 0.6) is 0 Å². The van der Waals surface area contributed by atoms with Gasteiger partial charge in [-0.3, -0.25) is 5.41 Å². The number of hydrogen-bond acceptors (Lipinski definition) is 4. The molecule has 0 unspecified atom stereocenters. The lowest BCUT2D eigenvalue weighted by atomic mass is 10.2. The summed E-state index contributed by atoms with van der Waals surface area (Å²) in [5.74, 6) is 0. The molecule has 0 saturated carbocycles. The van der Waals surface area contributed by atoms with Crippen LogP contribution in [0.15, 0.2) is 0 Å². The van der Waals surface area contributed by atoms with Gasteiger partial charge in [0, 0.05) is 6.54 Å². The van der Waals surface area contributed by atoms with Crippen LogP contribution in [0.1, 0.15) is 19.3 Å². The average molecular weight is 145 g/mol. The molecule has 0 aromatic heterocycles. The van der Waals surface area contributed by atoms with E-state index in [4.69, 9.17) is 11.1 Å². The normalized spacial score (nSPS) is 9.30. The first-order valence-corrected chi connectivity index (χ1v) is 3.49. The Morgan fingerprint density at radius 2 is 2.20 bits per heavy atom. The van der Waals surface area contributed by atoms with Crippen molar-refractivity contribution in [2.24, 2.45) is 5.73 Å². The van der Waals surface area contributed by atoms with Crippen molar-refractivity contribution in [3.63, 3.8) is 0 Å². The van der Waals surface area contributed by atoms with Gasteiger partial charge in [-0.1, -0.05) is 6.42 Å². The minimum atomic E-state index is 0.755. The Kier molecular flexibility index (Phi) is 7.88. The van der Waals surface area contributed by atoms with Gasteiger partial charge in [0.15, 0.2) is 6.40 Å². The van der Waals surface area contributed by atoms with E-state index in [9.17, 15) is 0 Å². The zero-order valence-corrected chi connectivity index (χ0v) is 6.10. The van der Waals surface area contributed by atoms with Gasteiger partial charge >= 0.3 is 0 Å². The van der Waals surface area contributed by atoms with Crippen LogP contribution >= 0.6 is 0 Å². The monoisotopic (exact) mass is 145 g/mol. The fraction of sp³-hybridized carbons (Fsp3) is 0.833. The van der Waals surface area contributed by atoms with Gasteiger partial charge in [-0.2, -0.15) is 5.48 Å². The number of hydrogen-bond donors (Lipinski definition) is 3. The molecule has 0 aliphatic heterocycles. The topological polar surface area (TPSA) is 71.1 Å². The van der Waals surface area contributed by atoms with E-state index in [-0.39, 0.29) is 0 Å². The standard InChI is InChI=1S/C6H15N3O/c7-4-2-1-3-5-9-10-6-8/h6,8-9H,1-5,7H2. The molecule has 60 valence electrons. The Balaban J connectivity index is 2.70. The highest BCUT2D eigenvalue weighted by atomic mass is 16.6. The van der Waals surface area contributed by atoms with Gasteiger partial charge in [0.05, 0.1) is 0 Å². The summed E-state index contributed by atoms with van der Waals surface area (Å²) >= 11 is 0. The van der Waals surface area contributed by atoms with Gasteiger partial charge in [-0.05, 0) is 19.4 Å². The van der Waals surface area contributed by atoms with E-state index in [1.54, 1.807) is 0 Å².